The van der Waals surface area contributed by atoms with E-state index in [2.05, 4.69) is 36.2 Å². The highest BCUT2D eigenvalue weighted by Gasteiger charge is 2.28. The van der Waals surface area contributed by atoms with Crippen molar-refractivity contribution in [3.05, 3.63) is 29.8 Å². The summed E-state index contributed by atoms with van der Waals surface area (Å²) in [7, 11) is 0. The van der Waals surface area contributed by atoms with Gasteiger partial charge in [-0.25, -0.2) is 0 Å². The van der Waals surface area contributed by atoms with E-state index >= 15 is 0 Å². The fraction of sp³-hybridized carbons (Fsp3) is 0.647. The van der Waals surface area contributed by atoms with Crippen molar-refractivity contribution >= 4 is 0 Å². The van der Waals surface area contributed by atoms with Crippen LogP contribution in [0.4, 0.5) is 0 Å². The van der Waals surface area contributed by atoms with Crippen LogP contribution in [0.25, 0.3) is 0 Å². The van der Waals surface area contributed by atoms with Gasteiger partial charge in [0.2, 0.25) is 0 Å². The number of morpholine rings is 1. The second-order valence-electron chi connectivity index (χ2n) is 5.34. The Bertz CT molecular complexity index is 408. The molecule has 1 fully saturated rings. The van der Waals surface area contributed by atoms with Gasteiger partial charge in [0.1, 0.15) is 5.75 Å². The molecule has 0 amide bonds. The van der Waals surface area contributed by atoms with Gasteiger partial charge in [0.25, 0.3) is 0 Å². The highest BCUT2D eigenvalue weighted by molar-refractivity contribution is 5.30. The molecular formula is C17H28N2O2. The average molecular weight is 292 g/mol. The Balaban J connectivity index is 2.09. The summed E-state index contributed by atoms with van der Waals surface area (Å²) in [5, 5.41) is 3.57. The molecule has 1 aliphatic heterocycles. The second kappa shape index (κ2) is 8.37. The van der Waals surface area contributed by atoms with Crippen LogP contribution >= 0.6 is 0 Å². The minimum absolute atomic E-state index is 0.205. The van der Waals surface area contributed by atoms with E-state index in [0.717, 1.165) is 38.5 Å². The van der Waals surface area contributed by atoms with Crippen molar-refractivity contribution in [2.45, 2.75) is 32.9 Å². The van der Waals surface area contributed by atoms with Gasteiger partial charge in [-0.15, -0.1) is 0 Å². The molecule has 1 saturated heterocycles. The molecule has 0 aromatic heterocycles. The predicted molar refractivity (Wildman–Crippen MR) is 85.9 cm³/mol. The van der Waals surface area contributed by atoms with Gasteiger partial charge in [0, 0.05) is 13.1 Å². The SMILES string of the molecule is CCNC(c1ccc(OCC)cc1)C1CN(CC)CCO1. The summed E-state index contributed by atoms with van der Waals surface area (Å²) < 4.78 is 11.5. The first-order valence-corrected chi connectivity index (χ1v) is 8.08. The van der Waals surface area contributed by atoms with Crippen LogP contribution in [0.5, 0.6) is 5.75 Å². The van der Waals surface area contributed by atoms with Gasteiger partial charge in [0.05, 0.1) is 25.4 Å². The molecule has 0 bridgehead atoms. The first-order chi connectivity index (χ1) is 10.3. The van der Waals surface area contributed by atoms with Gasteiger partial charge < -0.3 is 14.8 Å². The van der Waals surface area contributed by atoms with Crippen molar-refractivity contribution in [1.29, 1.82) is 0 Å². The maximum absolute atomic E-state index is 6.02. The van der Waals surface area contributed by atoms with Crippen molar-refractivity contribution in [2.24, 2.45) is 0 Å². The van der Waals surface area contributed by atoms with E-state index in [1.165, 1.54) is 5.56 Å². The maximum Gasteiger partial charge on any atom is 0.119 e. The summed E-state index contributed by atoms with van der Waals surface area (Å²) >= 11 is 0. The third-order valence-corrected chi connectivity index (χ3v) is 3.97. The highest BCUT2D eigenvalue weighted by atomic mass is 16.5. The van der Waals surface area contributed by atoms with Gasteiger partial charge in [0.15, 0.2) is 0 Å². The maximum atomic E-state index is 6.02. The molecule has 4 heteroatoms. The lowest BCUT2D eigenvalue weighted by Gasteiger charge is -2.37. The summed E-state index contributed by atoms with van der Waals surface area (Å²) in [6.45, 7) is 11.9. The van der Waals surface area contributed by atoms with E-state index in [1.807, 2.05) is 19.1 Å². The Kier molecular flexibility index (Phi) is 6.49. The standard InChI is InChI=1S/C17H28N2O2/c1-4-18-17(16-13-19(5-2)11-12-21-16)14-7-9-15(10-8-14)20-6-3/h7-10,16-18H,4-6,11-13H2,1-3H3. The molecule has 2 atom stereocenters. The van der Waals surface area contributed by atoms with Gasteiger partial charge in [-0.2, -0.15) is 0 Å². The zero-order chi connectivity index (χ0) is 15.1. The van der Waals surface area contributed by atoms with E-state index in [1.54, 1.807) is 0 Å². The van der Waals surface area contributed by atoms with E-state index in [-0.39, 0.29) is 12.1 Å². The smallest absolute Gasteiger partial charge is 0.119 e. The zero-order valence-electron chi connectivity index (χ0n) is 13.5. The van der Waals surface area contributed by atoms with E-state index in [9.17, 15) is 0 Å². The van der Waals surface area contributed by atoms with E-state index in [4.69, 9.17) is 9.47 Å². The summed E-state index contributed by atoms with van der Waals surface area (Å²) in [6, 6.07) is 8.62. The fourth-order valence-corrected chi connectivity index (χ4v) is 2.84. The van der Waals surface area contributed by atoms with Gasteiger partial charge >= 0.3 is 0 Å². The quantitative estimate of drug-likeness (QED) is 0.837. The zero-order valence-corrected chi connectivity index (χ0v) is 13.5. The molecule has 2 unspecified atom stereocenters. The molecule has 1 aliphatic rings. The van der Waals surface area contributed by atoms with Crippen molar-refractivity contribution in [1.82, 2.24) is 10.2 Å². The molecule has 0 saturated carbocycles. The van der Waals surface area contributed by atoms with E-state index in [0.29, 0.717) is 6.61 Å². The third kappa shape index (κ3) is 4.43. The minimum Gasteiger partial charge on any atom is -0.494 e. The molecule has 118 valence electrons. The summed E-state index contributed by atoms with van der Waals surface area (Å²) in [5.74, 6) is 0.927. The number of rotatable bonds is 7. The molecule has 0 spiro atoms. The van der Waals surface area contributed by atoms with Crippen LogP contribution in [0, 0.1) is 0 Å². The summed E-state index contributed by atoms with van der Waals surface area (Å²) in [5.41, 5.74) is 1.27. The number of nitrogens with one attached hydrogen (secondary N) is 1. The third-order valence-electron chi connectivity index (χ3n) is 3.97. The van der Waals surface area contributed by atoms with Crippen LogP contribution in [0.2, 0.25) is 0 Å². The largest absolute Gasteiger partial charge is 0.494 e. The van der Waals surface area contributed by atoms with Crippen LogP contribution in [-0.4, -0.2) is 50.4 Å². The molecule has 21 heavy (non-hydrogen) atoms. The first-order valence-electron chi connectivity index (χ1n) is 8.08. The molecule has 1 heterocycles. The van der Waals surface area contributed by atoms with Crippen LogP contribution in [0.15, 0.2) is 24.3 Å². The van der Waals surface area contributed by atoms with Crippen LogP contribution in [-0.2, 0) is 4.74 Å². The Morgan fingerprint density at radius 3 is 2.67 bits per heavy atom. The molecule has 1 aromatic carbocycles. The number of ether oxygens (including phenoxy) is 2. The Hall–Kier alpha value is -1.10. The molecule has 1 aromatic rings. The lowest BCUT2D eigenvalue weighted by atomic mass is 9.99. The minimum atomic E-state index is 0.205. The van der Waals surface area contributed by atoms with Gasteiger partial charge in [-0.1, -0.05) is 26.0 Å². The summed E-state index contributed by atoms with van der Waals surface area (Å²) in [4.78, 5) is 2.45. The molecule has 2 rings (SSSR count). The van der Waals surface area contributed by atoms with Crippen molar-refractivity contribution in [3.63, 3.8) is 0 Å². The van der Waals surface area contributed by atoms with Gasteiger partial charge in [-0.3, -0.25) is 4.90 Å². The number of hydrogen-bond donors (Lipinski definition) is 1. The van der Waals surface area contributed by atoms with Crippen molar-refractivity contribution < 1.29 is 9.47 Å². The lowest BCUT2D eigenvalue weighted by Crippen LogP contribution is -2.48. The normalized spacial score (nSPS) is 21.2. The lowest BCUT2D eigenvalue weighted by molar-refractivity contribution is -0.0453. The second-order valence-corrected chi connectivity index (χ2v) is 5.34. The van der Waals surface area contributed by atoms with E-state index < -0.39 is 0 Å². The molecule has 1 N–H and O–H groups in total. The highest BCUT2D eigenvalue weighted by Crippen LogP contribution is 2.24. The van der Waals surface area contributed by atoms with Crippen molar-refractivity contribution in [2.75, 3.05) is 39.4 Å². The number of likely N-dealkylation sites (N-methyl/N-ethyl adjacent to an activating group) is 2. The molecule has 4 nitrogen and oxygen atoms in total. The Morgan fingerprint density at radius 1 is 1.29 bits per heavy atom. The number of nitrogens with zero attached hydrogens (tertiary/aromatic N) is 1. The average Bonchev–Trinajstić information content (AvgIpc) is 2.54. The Labute approximate surface area is 128 Å². The first kappa shape index (κ1) is 16.3. The topological polar surface area (TPSA) is 33.7 Å². The van der Waals surface area contributed by atoms with Crippen LogP contribution in [0.3, 0.4) is 0 Å². The Morgan fingerprint density at radius 2 is 2.05 bits per heavy atom. The molecular weight excluding hydrogens is 264 g/mol. The monoisotopic (exact) mass is 292 g/mol. The van der Waals surface area contributed by atoms with Gasteiger partial charge in [-0.05, 0) is 37.7 Å². The molecule has 0 aliphatic carbocycles. The summed E-state index contributed by atoms with van der Waals surface area (Å²) in [6.07, 6.45) is 0.205. The fourth-order valence-electron chi connectivity index (χ4n) is 2.84. The predicted octanol–water partition coefficient (Wildman–Crippen LogP) is 2.46. The number of hydrogen-bond acceptors (Lipinski definition) is 4. The van der Waals surface area contributed by atoms with Crippen molar-refractivity contribution in [3.8, 4) is 5.75 Å². The number of benzene rings is 1. The van der Waals surface area contributed by atoms with Crippen LogP contribution in [0.1, 0.15) is 32.4 Å². The molecule has 0 radical (unpaired) electrons. The van der Waals surface area contributed by atoms with Crippen LogP contribution < -0.4 is 10.1 Å².